The molecule has 1 aromatic carbocycles. The summed E-state index contributed by atoms with van der Waals surface area (Å²) in [5.41, 5.74) is 1.25. The van der Waals surface area contributed by atoms with Gasteiger partial charge in [0.05, 0.1) is 0 Å². The van der Waals surface area contributed by atoms with Gasteiger partial charge in [0.25, 0.3) is 11.8 Å². The molecule has 2 aliphatic heterocycles. The molecule has 2 amide bonds. The van der Waals surface area contributed by atoms with E-state index in [2.05, 4.69) is 10.6 Å². The van der Waals surface area contributed by atoms with Gasteiger partial charge in [-0.3, -0.25) is 9.59 Å². The molecule has 2 saturated heterocycles. The zero-order valence-electron chi connectivity index (χ0n) is 13.8. The van der Waals surface area contributed by atoms with Gasteiger partial charge in [-0.1, -0.05) is 0 Å². The van der Waals surface area contributed by atoms with Crippen LogP contribution in [-0.2, 0) is 0 Å². The standard InChI is InChI=1S/C18H24N2O2S2/c21-17(19-15-5-9-23-10-6-15)13-1-2-14(4-3-13)18(22)20-16-7-11-24-12-8-16/h1-4,15-16H,5-12H2,(H,19,21)(H,20,22). The van der Waals surface area contributed by atoms with E-state index in [4.69, 9.17) is 0 Å². The van der Waals surface area contributed by atoms with Crippen molar-refractivity contribution in [1.29, 1.82) is 0 Å². The summed E-state index contributed by atoms with van der Waals surface area (Å²) < 4.78 is 0. The Morgan fingerprint density at radius 1 is 0.708 bits per heavy atom. The zero-order valence-corrected chi connectivity index (χ0v) is 15.4. The lowest BCUT2D eigenvalue weighted by Crippen LogP contribution is -2.38. The van der Waals surface area contributed by atoms with Gasteiger partial charge in [0.2, 0.25) is 0 Å². The number of amides is 2. The van der Waals surface area contributed by atoms with Crippen LogP contribution in [0.5, 0.6) is 0 Å². The van der Waals surface area contributed by atoms with E-state index in [1.807, 2.05) is 23.5 Å². The fraction of sp³-hybridized carbons (Fsp3) is 0.556. The number of hydrogen-bond acceptors (Lipinski definition) is 4. The highest BCUT2D eigenvalue weighted by atomic mass is 32.2. The molecule has 2 N–H and O–H groups in total. The van der Waals surface area contributed by atoms with Crippen LogP contribution in [0.15, 0.2) is 24.3 Å². The van der Waals surface area contributed by atoms with Gasteiger partial charge in [-0.05, 0) is 73.0 Å². The molecule has 6 heteroatoms. The van der Waals surface area contributed by atoms with Crippen molar-refractivity contribution in [3.8, 4) is 0 Å². The summed E-state index contributed by atoms with van der Waals surface area (Å²) in [7, 11) is 0. The van der Waals surface area contributed by atoms with Crippen LogP contribution in [-0.4, -0.2) is 46.9 Å². The third kappa shape index (κ3) is 4.93. The fourth-order valence-corrected chi connectivity index (χ4v) is 5.21. The third-order valence-corrected chi connectivity index (χ3v) is 6.62. The SMILES string of the molecule is O=C(NC1CCSCC1)c1ccc(C(=O)NC2CCSCC2)cc1. The van der Waals surface area contributed by atoms with Crippen molar-refractivity contribution in [3.63, 3.8) is 0 Å². The summed E-state index contributed by atoms with van der Waals surface area (Å²) in [4.78, 5) is 24.6. The van der Waals surface area contributed by atoms with E-state index >= 15 is 0 Å². The van der Waals surface area contributed by atoms with Crippen LogP contribution < -0.4 is 10.6 Å². The van der Waals surface area contributed by atoms with Gasteiger partial charge in [0.15, 0.2) is 0 Å². The lowest BCUT2D eigenvalue weighted by Gasteiger charge is -2.23. The number of rotatable bonds is 4. The first-order chi connectivity index (χ1) is 11.7. The number of thioether (sulfide) groups is 2. The van der Waals surface area contributed by atoms with Crippen molar-refractivity contribution in [1.82, 2.24) is 10.6 Å². The second-order valence-corrected chi connectivity index (χ2v) is 8.75. The van der Waals surface area contributed by atoms with Crippen LogP contribution >= 0.6 is 23.5 Å². The first kappa shape index (κ1) is 17.7. The van der Waals surface area contributed by atoms with E-state index in [0.717, 1.165) is 48.7 Å². The molecular weight excluding hydrogens is 340 g/mol. The molecule has 1 aromatic rings. The predicted molar refractivity (Wildman–Crippen MR) is 102 cm³/mol. The Labute approximate surface area is 151 Å². The van der Waals surface area contributed by atoms with Crippen molar-refractivity contribution in [2.45, 2.75) is 37.8 Å². The van der Waals surface area contributed by atoms with Gasteiger partial charge >= 0.3 is 0 Å². The summed E-state index contributed by atoms with van der Waals surface area (Å²) in [6.45, 7) is 0. The highest BCUT2D eigenvalue weighted by Crippen LogP contribution is 2.18. The maximum atomic E-state index is 12.3. The van der Waals surface area contributed by atoms with Gasteiger partial charge in [-0.2, -0.15) is 23.5 Å². The lowest BCUT2D eigenvalue weighted by molar-refractivity contribution is 0.0922. The Kier molecular flexibility index (Phi) is 6.49. The molecule has 0 aliphatic carbocycles. The monoisotopic (exact) mass is 364 g/mol. The molecule has 3 rings (SSSR count). The molecule has 0 atom stereocenters. The zero-order chi connectivity index (χ0) is 16.8. The number of nitrogens with one attached hydrogen (secondary N) is 2. The van der Waals surface area contributed by atoms with E-state index in [9.17, 15) is 9.59 Å². The average Bonchev–Trinajstić information content (AvgIpc) is 2.63. The summed E-state index contributed by atoms with van der Waals surface area (Å²) >= 11 is 3.89. The molecule has 0 saturated carbocycles. The number of hydrogen-bond donors (Lipinski definition) is 2. The maximum absolute atomic E-state index is 12.3. The molecule has 0 unspecified atom stereocenters. The largest absolute Gasteiger partial charge is 0.349 e. The van der Waals surface area contributed by atoms with Gasteiger partial charge in [0, 0.05) is 23.2 Å². The summed E-state index contributed by atoms with van der Waals surface area (Å²) in [6.07, 6.45) is 4.15. The number of carbonyl (C=O) groups is 2. The molecule has 2 heterocycles. The van der Waals surface area contributed by atoms with E-state index in [-0.39, 0.29) is 23.9 Å². The van der Waals surface area contributed by atoms with Crippen LogP contribution in [0.25, 0.3) is 0 Å². The van der Waals surface area contributed by atoms with Crippen LogP contribution in [0.2, 0.25) is 0 Å². The topological polar surface area (TPSA) is 58.2 Å². The molecule has 0 radical (unpaired) electrons. The normalized spacial score (nSPS) is 19.7. The molecular formula is C18H24N2O2S2. The summed E-state index contributed by atoms with van der Waals surface area (Å²) in [6, 6.07) is 7.56. The van der Waals surface area contributed by atoms with Gasteiger partial charge < -0.3 is 10.6 Å². The summed E-state index contributed by atoms with van der Waals surface area (Å²) in [5, 5.41) is 6.19. The smallest absolute Gasteiger partial charge is 0.251 e. The van der Waals surface area contributed by atoms with Crippen molar-refractivity contribution in [2.75, 3.05) is 23.0 Å². The molecule has 0 bridgehead atoms. The Hall–Kier alpha value is -1.14. The van der Waals surface area contributed by atoms with Crippen LogP contribution in [0.3, 0.4) is 0 Å². The average molecular weight is 365 g/mol. The minimum Gasteiger partial charge on any atom is -0.349 e. The highest BCUT2D eigenvalue weighted by Gasteiger charge is 2.19. The van der Waals surface area contributed by atoms with E-state index in [0.29, 0.717) is 11.1 Å². The van der Waals surface area contributed by atoms with Gasteiger partial charge in [0.1, 0.15) is 0 Å². The Morgan fingerprint density at radius 3 is 1.38 bits per heavy atom. The van der Waals surface area contributed by atoms with Crippen molar-refractivity contribution >= 4 is 35.3 Å². The molecule has 0 aromatic heterocycles. The van der Waals surface area contributed by atoms with Crippen molar-refractivity contribution in [2.24, 2.45) is 0 Å². The maximum Gasteiger partial charge on any atom is 0.251 e. The first-order valence-electron chi connectivity index (χ1n) is 8.59. The first-order valence-corrected chi connectivity index (χ1v) is 10.9. The Morgan fingerprint density at radius 2 is 1.04 bits per heavy atom. The van der Waals surface area contributed by atoms with E-state index in [1.165, 1.54) is 0 Å². The van der Waals surface area contributed by atoms with Gasteiger partial charge in [-0.15, -0.1) is 0 Å². The molecule has 24 heavy (non-hydrogen) atoms. The predicted octanol–water partition coefficient (Wildman–Crippen LogP) is 2.94. The number of carbonyl (C=O) groups excluding carboxylic acids is 2. The van der Waals surface area contributed by atoms with Crippen molar-refractivity contribution in [3.05, 3.63) is 35.4 Å². The quantitative estimate of drug-likeness (QED) is 0.862. The van der Waals surface area contributed by atoms with E-state index < -0.39 is 0 Å². The highest BCUT2D eigenvalue weighted by molar-refractivity contribution is 7.99. The van der Waals surface area contributed by atoms with Crippen LogP contribution in [0, 0.1) is 0 Å². The minimum atomic E-state index is -0.0387. The van der Waals surface area contributed by atoms with Crippen LogP contribution in [0.4, 0.5) is 0 Å². The Bertz CT molecular complexity index is 514. The molecule has 4 nitrogen and oxygen atoms in total. The van der Waals surface area contributed by atoms with Crippen LogP contribution in [0.1, 0.15) is 46.4 Å². The fourth-order valence-electron chi connectivity index (χ4n) is 2.99. The number of benzene rings is 1. The lowest BCUT2D eigenvalue weighted by atomic mass is 10.1. The molecule has 0 spiro atoms. The molecule has 2 aliphatic rings. The third-order valence-electron chi connectivity index (χ3n) is 4.52. The Balaban J connectivity index is 1.53. The van der Waals surface area contributed by atoms with Gasteiger partial charge in [-0.25, -0.2) is 0 Å². The van der Waals surface area contributed by atoms with E-state index in [1.54, 1.807) is 24.3 Å². The summed E-state index contributed by atoms with van der Waals surface area (Å²) in [5.74, 6) is 4.38. The molecule has 2 fully saturated rings. The second kappa shape index (κ2) is 8.81. The second-order valence-electron chi connectivity index (χ2n) is 6.30. The molecule has 130 valence electrons. The van der Waals surface area contributed by atoms with Crippen molar-refractivity contribution < 1.29 is 9.59 Å². The minimum absolute atomic E-state index is 0.0387.